The SMILES string of the molecule is CCOc1ccc(C(=O)N2CCN(c3cccc(Cl)c3)CC2)cc1S(=O)(=O)N1CCCC1. The summed E-state index contributed by atoms with van der Waals surface area (Å²) in [5.74, 6) is 0.124. The van der Waals surface area contributed by atoms with Crippen LogP contribution in [0.25, 0.3) is 0 Å². The van der Waals surface area contributed by atoms with Crippen molar-refractivity contribution >= 4 is 33.2 Å². The van der Waals surface area contributed by atoms with Gasteiger partial charge in [-0.3, -0.25) is 4.79 Å². The van der Waals surface area contributed by atoms with Crippen LogP contribution >= 0.6 is 11.6 Å². The van der Waals surface area contributed by atoms with E-state index in [4.69, 9.17) is 16.3 Å². The number of ether oxygens (including phenoxy) is 1. The molecule has 0 unspecified atom stereocenters. The lowest BCUT2D eigenvalue weighted by atomic mass is 10.1. The molecule has 2 fully saturated rings. The molecule has 1 amide bonds. The summed E-state index contributed by atoms with van der Waals surface area (Å²) in [5, 5.41) is 0.683. The molecule has 2 heterocycles. The molecule has 0 saturated carbocycles. The number of amides is 1. The van der Waals surface area contributed by atoms with E-state index >= 15 is 0 Å². The average molecular weight is 478 g/mol. The zero-order valence-corrected chi connectivity index (χ0v) is 19.7. The molecule has 9 heteroatoms. The lowest BCUT2D eigenvalue weighted by Crippen LogP contribution is -2.48. The zero-order chi connectivity index (χ0) is 22.7. The molecular formula is C23H28ClN3O4S. The van der Waals surface area contributed by atoms with E-state index in [2.05, 4.69) is 4.90 Å². The van der Waals surface area contributed by atoms with Crippen LogP contribution in [0.2, 0.25) is 5.02 Å². The van der Waals surface area contributed by atoms with Gasteiger partial charge in [0, 0.05) is 55.5 Å². The first kappa shape index (κ1) is 22.9. The quantitative estimate of drug-likeness (QED) is 0.637. The van der Waals surface area contributed by atoms with E-state index in [0.29, 0.717) is 62.2 Å². The van der Waals surface area contributed by atoms with Crippen LogP contribution in [0.5, 0.6) is 5.75 Å². The number of anilines is 1. The molecule has 172 valence electrons. The molecule has 32 heavy (non-hydrogen) atoms. The summed E-state index contributed by atoms with van der Waals surface area (Å²) < 4.78 is 33.5. The minimum Gasteiger partial charge on any atom is -0.492 e. The molecule has 0 N–H and O–H groups in total. The Morgan fingerprint density at radius 1 is 1.00 bits per heavy atom. The Morgan fingerprint density at radius 3 is 2.38 bits per heavy atom. The Bertz CT molecular complexity index is 1080. The number of carbonyl (C=O) groups is 1. The predicted octanol–water partition coefficient (Wildman–Crippen LogP) is 3.49. The summed E-state index contributed by atoms with van der Waals surface area (Å²) in [7, 11) is -3.71. The highest BCUT2D eigenvalue weighted by molar-refractivity contribution is 7.89. The van der Waals surface area contributed by atoms with Crippen molar-refractivity contribution in [1.29, 1.82) is 0 Å². The van der Waals surface area contributed by atoms with Crippen molar-refractivity contribution in [2.24, 2.45) is 0 Å². The molecule has 2 aromatic rings. The summed E-state index contributed by atoms with van der Waals surface area (Å²) in [4.78, 5) is 17.2. The van der Waals surface area contributed by atoms with E-state index in [9.17, 15) is 13.2 Å². The van der Waals surface area contributed by atoms with E-state index in [1.165, 1.54) is 10.4 Å². The molecule has 0 atom stereocenters. The number of halogens is 1. The van der Waals surface area contributed by atoms with Gasteiger partial charge in [0.05, 0.1) is 6.61 Å². The first-order valence-electron chi connectivity index (χ1n) is 11.0. The van der Waals surface area contributed by atoms with Crippen LogP contribution in [0.1, 0.15) is 30.1 Å². The number of piperazine rings is 1. The number of rotatable bonds is 6. The summed E-state index contributed by atoms with van der Waals surface area (Å²) >= 11 is 6.10. The van der Waals surface area contributed by atoms with Crippen molar-refractivity contribution < 1.29 is 17.9 Å². The van der Waals surface area contributed by atoms with E-state index < -0.39 is 10.0 Å². The third kappa shape index (κ3) is 4.72. The number of carbonyl (C=O) groups excluding carboxylic acids is 1. The van der Waals surface area contributed by atoms with Crippen molar-refractivity contribution in [2.45, 2.75) is 24.7 Å². The largest absolute Gasteiger partial charge is 0.492 e. The van der Waals surface area contributed by atoms with Gasteiger partial charge in [-0.2, -0.15) is 4.31 Å². The molecular weight excluding hydrogens is 450 g/mol. The summed E-state index contributed by atoms with van der Waals surface area (Å²) in [6.07, 6.45) is 1.69. The molecule has 0 aromatic heterocycles. The lowest BCUT2D eigenvalue weighted by Gasteiger charge is -2.36. The van der Waals surface area contributed by atoms with E-state index in [1.807, 2.05) is 31.2 Å². The highest BCUT2D eigenvalue weighted by Gasteiger charge is 2.31. The maximum Gasteiger partial charge on any atom is 0.254 e. The number of hydrogen-bond donors (Lipinski definition) is 0. The highest BCUT2D eigenvalue weighted by Crippen LogP contribution is 2.31. The molecule has 0 bridgehead atoms. The third-order valence-corrected chi connectivity index (χ3v) is 8.07. The fourth-order valence-electron chi connectivity index (χ4n) is 4.21. The Kier molecular flexibility index (Phi) is 6.93. The molecule has 0 aliphatic carbocycles. The molecule has 0 radical (unpaired) electrons. The first-order chi connectivity index (χ1) is 15.4. The highest BCUT2D eigenvalue weighted by atomic mass is 35.5. The number of hydrogen-bond acceptors (Lipinski definition) is 5. The summed E-state index contributed by atoms with van der Waals surface area (Å²) in [6, 6.07) is 12.4. The van der Waals surface area contributed by atoms with Gasteiger partial charge in [0.25, 0.3) is 5.91 Å². The Hall–Kier alpha value is -2.29. The van der Waals surface area contributed by atoms with Gasteiger partial charge in [-0.25, -0.2) is 8.42 Å². The van der Waals surface area contributed by atoms with E-state index in [1.54, 1.807) is 17.0 Å². The van der Waals surface area contributed by atoms with Gasteiger partial charge in [0.2, 0.25) is 10.0 Å². The normalized spacial score (nSPS) is 17.6. The second kappa shape index (κ2) is 9.68. The van der Waals surface area contributed by atoms with Crippen molar-refractivity contribution in [3.63, 3.8) is 0 Å². The maximum absolute atomic E-state index is 13.2. The van der Waals surface area contributed by atoms with Crippen LogP contribution in [0.4, 0.5) is 5.69 Å². The minimum atomic E-state index is -3.71. The van der Waals surface area contributed by atoms with Gasteiger partial charge in [-0.1, -0.05) is 17.7 Å². The second-order valence-electron chi connectivity index (χ2n) is 7.96. The molecule has 4 rings (SSSR count). The lowest BCUT2D eigenvalue weighted by molar-refractivity contribution is 0.0746. The fourth-order valence-corrected chi connectivity index (χ4v) is 6.07. The van der Waals surface area contributed by atoms with E-state index in [-0.39, 0.29) is 10.8 Å². The van der Waals surface area contributed by atoms with Crippen molar-refractivity contribution in [3.8, 4) is 5.75 Å². The summed E-state index contributed by atoms with van der Waals surface area (Å²) in [6.45, 7) is 5.62. The van der Waals surface area contributed by atoms with Crippen LogP contribution in [0.15, 0.2) is 47.4 Å². The van der Waals surface area contributed by atoms with Crippen LogP contribution < -0.4 is 9.64 Å². The monoisotopic (exact) mass is 477 g/mol. The smallest absolute Gasteiger partial charge is 0.254 e. The van der Waals surface area contributed by atoms with Crippen LogP contribution in [0, 0.1) is 0 Å². The summed E-state index contributed by atoms with van der Waals surface area (Å²) in [5.41, 5.74) is 1.40. The molecule has 2 saturated heterocycles. The van der Waals surface area contributed by atoms with Gasteiger partial charge in [0.15, 0.2) is 0 Å². The van der Waals surface area contributed by atoms with Gasteiger partial charge >= 0.3 is 0 Å². The van der Waals surface area contributed by atoms with Crippen LogP contribution in [0.3, 0.4) is 0 Å². The van der Waals surface area contributed by atoms with Crippen molar-refractivity contribution in [1.82, 2.24) is 9.21 Å². The van der Waals surface area contributed by atoms with Gasteiger partial charge in [-0.05, 0) is 56.2 Å². The van der Waals surface area contributed by atoms with Crippen LogP contribution in [-0.2, 0) is 10.0 Å². The standard InChI is InChI=1S/C23H28ClN3O4S/c1-2-31-21-9-8-18(16-22(21)32(29,30)27-10-3-4-11-27)23(28)26-14-12-25(13-15-26)20-7-5-6-19(24)17-20/h5-9,16-17H,2-4,10-15H2,1H3. The zero-order valence-electron chi connectivity index (χ0n) is 18.2. The molecule has 7 nitrogen and oxygen atoms in total. The second-order valence-corrected chi connectivity index (χ2v) is 10.3. The number of nitrogens with zero attached hydrogens (tertiary/aromatic N) is 3. The molecule has 0 spiro atoms. The Balaban J connectivity index is 1.53. The minimum absolute atomic E-state index is 0.0738. The molecule has 2 aliphatic rings. The van der Waals surface area contributed by atoms with E-state index in [0.717, 1.165) is 18.5 Å². The van der Waals surface area contributed by atoms with Crippen molar-refractivity contribution in [2.75, 3.05) is 50.8 Å². The predicted molar refractivity (Wildman–Crippen MR) is 125 cm³/mol. The van der Waals surface area contributed by atoms with Gasteiger partial charge in [-0.15, -0.1) is 0 Å². The van der Waals surface area contributed by atoms with Crippen molar-refractivity contribution in [3.05, 3.63) is 53.1 Å². The number of benzene rings is 2. The van der Waals surface area contributed by atoms with Gasteiger partial charge in [0.1, 0.15) is 10.6 Å². The average Bonchev–Trinajstić information content (AvgIpc) is 3.35. The molecule has 2 aliphatic heterocycles. The Morgan fingerprint density at radius 2 is 1.72 bits per heavy atom. The topological polar surface area (TPSA) is 70.2 Å². The Labute approximate surface area is 194 Å². The number of sulfonamides is 1. The third-order valence-electron chi connectivity index (χ3n) is 5.91. The maximum atomic E-state index is 13.2. The first-order valence-corrected chi connectivity index (χ1v) is 12.8. The fraction of sp³-hybridized carbons (Fsp3) is 0.435. The van der Waals surface area contributed by atoms with Crippen LogP contribution in [-0.4, -0.2) is 69.4 Å². The molecule has 2 aromatic carbocycles. The van der Waals surface area contributed by atoms with Gasteiger partial charge < -0.3 is 14.5 Å².